The zero-order valence-electron chi connectivity index (χ0n) is 23.1. The van der Waals surface area contributed by atoms with Gasteiger partial charge in [-0.3, -0.25) is 9.78 Å². The minimum absolute atomic E-state index is 0. The molecule has 2 aromatic carbocycles. The number of aromatic nitrogens is 1. The van der Waals surface area contributed by atoms with Gasteiger partial charge in [-0.25, -0.2) is 0 Å². The first-order valence-electron chi connectivity index (χ1n) is 11.8. The number of rotatable bonds is 2. The topological polar surface area (TPSA) is 50.2 Å². The molecule has 0 atom stereocenters. The smallest absolute Gasteiger partial charge is 0.155 e. The molecule has 0 fully saturated rings. The van der Waals surface area contributed by atoms with E-state index < -0.39 is 0 Å². The number of aliphatic hydroxyl groups is 1. The van der Waals surface area contributed by atoms with Crippen LogP contribution in [0.5, 0.6) is 0 Å². The van der Waals surface area contributed by atoms with E-state index in [1.54, 1.807) is 0 Å². The maximum absolute atomic E-state index is 10.0. The summed E-state index contributed by atoms with van der Waals surface area (Å²) in [6, 6.07) is 14.8. The Kier molecular flexibility index (Phi) is 10.2. The molecule has 0 spiro atoms. The van der Waals surface area contributed by atoms with E-state index >= 15 is 0 Å². The molecule has 1 radical (unpaired) electrons. The van der Waals surface area contributed by atoms with E-state index in [1.165, 1.54) is 53.1 Å². The molecule has 4 heteroatoms. The molecule has 0 bridgehead atoms. The number of pyridine rings is 1. The van der Waals surface area contributed by atoms with Crippen molar-refractivity contribution in [1.82, 2.24) is 4.98 Å². The molecule has 3 aromatic rings. The van der Waals surface area contributed by atoms with Crippen LogP contribution < -0.4 is 0 Å². The quantitative estimate of drug-likeness (QED) is 0.173. The minimum atomic E-state index is -0.125. The molecule has 0 aliphatic rings. The molecule has 0 aliphatic heterocycles. The van der Waals surface area contributed by atoms with Gasteiger partial charge in [-0.1, -0.05) is 80.5 Å². The van der Waals surface area contributed by atoms with Gasteiger partial charge in [-0.15, -0.1) is 34.4 Å². The van der Waals surface area contributed by atoms with Gasteiger partial charge in [0.25, 0.3) is 0 Å². The average Bonchev–Trinajstić information content (AvgIpc) is 2.67. The Labute approximate surface area is 225 Å². The summed E-state index contributed by atoms with van der Waals surface area (Å²) in [7, 11) is 0. The number of allylic oxidation sites excluding steroid dienone is 2. The van der Waals surface area contributed by atoms with Crippen molar-refractivity contribution in [3.8, 4) is 11.3 Å². The Morgan fingerprint density at radius 1 is 0.914 bits per heavy atom. The Morgan fingerprint density at radius 2 is 1.51 bits per heavy atom. The summed E-state index contributed by atoms with van der Waals surface area (Å²) < 4.78 is 0. The molecule has 0 saturated heterocycles. The molecule has 1 heterocycles. The third kappa shape index (κ3) is 8.12. The molecule has 1 aromatic heterocycles. The number of nitrogens with zero attached hydrogens (tertiary/aromatic N) is 1. The van der Waals surface area contributed by atoms with Crippen LogP contribution in [0.2, 0.25) is 0 Å². The largest absolute Gasteiger partial charge is 0.512 e. The predicted molar refractivity (Wildman–Crippen MR) is 145 cm³/mol. The number of carbonyl (C=O) groups excluding carboxylic acids is 1. The van der Waals surface area contributed by atoms with Gasteiger partial charge in [0.2, 0.25) is 0 Å². The average molecular weight is 651 g/mol. The van der Waals surface area contributed by atoms with Crippen LogP contribution in [0.3, 0.4) is 0 Å². The van der Waals surface area contributed by atoms with Crippen LogP contribution in [0.15, 0.2) is 42.2 Å². The Hall–Kier alpha value is -2.29. The summed E-state index contributed by atoms with van der Waals surface area (Å²) in [6.45, 7) is 22.9. The van der Waals surface area contributed by atoms with Crippen molar-refractivity contribution in [1.29, 1.82) is 0 Å². The second-order valence-electron chi connectivity index (χ2n) is 11.3. The van der Waals surface area contributed by atoms with Gasteiger partial charge in [0, 0.05) is 31.6 Å². The van der Waals surface area contributed by atoms with Crippen LogP contribution in [-0.4, -0.2) is 15.9 Å². The fourth-order valence-electron chi connectivity index (χ4n) is 3.88. The van der Waals surface area contributed by atoms with Gasteiger partial charge in [0.05, 0.1) is 11.3 Å². The van der Waals surface area contributed by atoms with E-state index in [2.05, 4.69) is 98.7 Å². The fourth-order valence-corrected chi connectivity index (χ4v) is 3.88. The zero-order valence-corrected chi connectivity index (χ0v) is 25.5. The Morgan fingerprint density at radius 3 is 1.97 bits per heavy atom. The molecular formula is C31H40IrNO2-. The van der Waals surface area contributed by atoms with E-state index in [0.717, 1.165) is 16.8 Å². The first-order chi connectivity index (χ1) is 15.5. The molecule has 3 nitrogen and oxygen atoms in total. The summed E-state index contributed by atoms with van der Waals surface area (Å²) in [5.41, 5.74) is 9.77. The number of carbonyl (C=O) groups is 1. The minimum Gasteiger partial charge on any atom is -0.512 e. The van der Waals surface area contributed by atoms with Crippen LogP contribution in [0.25, 0.3) is 22.2 Å². The van der Waals surface area contributed by atoms with Crippen molar-refractivity contribution in [3.05, 3.63) is 76.1 Å². The van der Waals surface area contributed by atoms with E-state index in [4.69, 9.17) is 10.1 Å². The van der Waals surface area contributed by atoms with Crippen molar-refractivity contribution in [2.75, 3.05) is 0 Å². The number of aryl methyl sites for hydroxylation is 3. The van der Waals surface area contributed by atoms with Gasteiger partial charge in [-0.05, 0) is 47.6 Å². The van der Waals surface area contributed by atoms with Crippen LogP contribution in [0.4, 0.5) is 0 Å². The zero-order chi connectivity index (χ0) is 26.0. The van der Waals surface area contributed by atoms with Crippen molar-refractivity contribution in [3.63, 3.8) is 0 Å². The molecule has 0 unspecified atom stereocenters. The van der Waals surface area contributed by atoms with E-state index in [1.807, 2.05) is 0 Å². The van der Waals surface area contributed by atoms with Crippen molar-refractivity contribution in [2.24, 2.45) is 0 Å². The molecule has 0 aliphatic carbocycles. The third-order valence-corrected chi connectivity index (χ3v) is 5.88. The molecule has 0 amide bonds. The maximum Gasteiger partial charge on any atom is 0.155 e. The molecule has 0 saturated carbocycles. The normalized spacial score (nSPS) is 12.0. The monoisotopic (exact) mass is 651 g/mol. The maximum atomic E-state index is 10.0. The van der Waals surface area contributed by atoms with Gasteiger partial charge in [-0.2, -0.15) is 0 Å². The second-order valence-corrected chi connectivity index (χ2v) is 11.3. The first kappa shape index (κ1) is 30.7. The molecule has 35 heavy (non-hydrogen) atoms. The summed E-state index contributed by atoms with van der Waals surface area (Å²) in [6.07, 6.45) is 1.17. The molecule has 3 rings (SSSR count). The van der Waals surface area contributed by atoms with Gasteiger partial charge in [0.1, 0.15) is 0 Å². The van der Waals surface area contributed by atoms with E-state index in [0.29, 0.717) is 0 Å². The van der Waals surface area contributed by atoms with Gasteiger partial charge < -0.3 is 5.11 Å². The summed E-state index contributed by atoms with van der Waals surface area (Å²) in [5.74, 6) is -0.0625. The standard InChI is InChI=1S/C26H32N.C5H8O2.Ir/c1-16-12-18(3)21(13-17(16)2)23-11-10-20-22(26(7,8)9)14-19(25(4,5)6)15-24(20)27-23;1-4(6)3-5(2)7;/h10-12,14-15H,1-9H3;3,6H,1-2H3;/q-1;;/b;4-3-;. The SMILES string of the molecule is CC(=O)/C=C(/C)O.Cc1[c-]c(-c2ccc3c(C(C)(C)C)cc(C(C)(C)C)cc3n2)c(C)cc1C.[Ir]. The van der Waals surface area contributed by atoms with Crippen LogP contribution in [-0.2, 0) is 35.7 Å². The third-order valence-electron chi connectivity index (χ3n) is 5.88. The van der Waals surface area contributed by atoms with Crippen LogP contribution in [0.1, 0.15) is 83.2 Å². The van der Waals surface area contributed by atoms with E-state index in [-0.39, 0.29) is 42.5 Å². The Bertz CT molecular complexity index is 1240. The van der Waals surface area contributed by atoms with E-state index in [9.17, 15) is 4.79 Å². The van der Waals surface area contributed by atoms with Crippen molar-refractivity contribution < 1.29 is 30.0 Å². The number of hydrogen-bond acceptors (Lipinski definition) is 3. The molecule has 191 valence electrons. The second kappa shape index (κ2) is 11.6. The molecular weight excluding hydrogens is 611 g/mol. The molecule has 1 N–H and O–H groups in total. The first-order valence-corrected chi connectivity index (χ1v) is 11.8. The van der Waals surface area contributed by atoms with Crippen LogP contribution >= 0.6 is 0 Å². The summed E-state index contributed by atoms with van der Waals surface area (Å²) in [4.78, 5) is 15.1. The number of fused-ring (bicyclic) bond motifs is 1. The predicted octanol–water partition coefficient (Wildman–Crippen LogP) is 8.26. The Balaban J connectivity index is 0.000000672. The number of benzene rings is 2. The van der Waals surface area contributed by atoms with Crippen molar-refractivity contribution in [2.45, 2.75) is 87.0 Å². The van der Waals surface area contributed by atoms with Gasteiger partial charge in [0.15, 0.2) is 5.78 Å². The van der Waals surface area contributed by atoms with Gasteiger partial charge >= 0.3 is 0 Å². The summed E-state index contributed by atoms with van der Waals surface area (Å²) in [5, 5.41) is 9.61. The van der Waals surface area contributed by atoms with Crippen molar-refractivity contribution >= 4 is 16.7 Å². The number of ketones is 1. The number of aliphatic hydroxyl groups excluding tert-OH is 1. The fraction of sp³-hybridized carbons (Fsp3) is 0.419. The van der Waals surface area contributed by atoms with Crippen LogP contribution in [0, 0.1) is 26.8 Å². The summed E-state index contributed by atoms with van der Waals surface area (Å²) >= 11 is 0. The number of hydrogen-bond donors (Lipinski definition) is 1.